The average molecular weight is 438 g/mol. The molecule has 7 heteroatoms. The van der Waals surface area contributed by atoms with Crippen molar-refractivity contribution in [1.82, 2.24) is 15.2 Å². The number of aromatic nitrogens is 1. The number of halogens is 1. The van der Waals surface area contributed by atoms with Gasteiger partial charge in [-0.25, -0.2) is 9.37 Å². The van der Waals surface area contributed by atoms with E-state index >= 15 is 0 Å². The summed E-state index contributed by atoms with van der Waals surface area (Å²) < 4.78 is 24.6. The van der Waals surface area contributed by atoms with Gasteiger partial charge in [0.05, 0.1) is 13.3 Å². The second-order valence-corrected chi connectivity index (χ2v) is 8.07. The Bertz CT molecular complexity index is 1030. The molecule has 1 aliphatic rings. The molecule has 32 heavy (non-hydrogen) atoms. The van der Waals surface area contributed by atoms with Crippen LogP contribution in [-0.4, -0.2) is 42.0 Å². The number of aryl methyl sites for hydroxylation is 1. The monoisotopic (exact) mass is 437 g/mol. The number of piperidine rings is 1. The molecule has 0 unspecified atom stereocenters. The fraction of sp³-hybridized carbons (Fsp3) is 0.360. The van der Waals surface area contributed by atoms with E-state index in [-0.39, 0.29) is 23.5 Å². The third kappa shape index (κ3) is 5.73. The van der Waals surface area contributed by atoms with E-state index < -0.39 is 0 Å². The Balaban J connectivity index is 1.19. The molecule has 0 bridgehead atoms. The Morgan fingerprint density at radius 1 is 1.22 bits per heavy atom. The van der Waals surface area contributed by atoms with E-state index in [4.69, 9.17) is 9.15 Å². The number of oxazole rings is 1. The number of ether oxygens (including phenoxy) is 1. The van der Waals surface area contributed by atoms with E-state index in [1.165, 1.54) is 13.2 Å². The lowest BCUT2D eigenvalue weighted by atomic mass is 10.0. The quantitative estimate of drug-likeness (QED) is 0.572. The molecule has 6 nitrogen and oxygen atoms in total. The SMILES string of the molecule is COc1ccc(CN2CCC(NC(=O)CCc3ncc(-c4ccccc4)o3)CC2)cc1F. The number of nitrogens with one attached hydrogen (secondary N) is 1. The average Bonchev–Trinajstić information content (AvgIpc) is 3.29. The fourth-order valence-electron chi connectivity index (χ4n) is 3.98. The highest BCUT2D eigenvalue weighted by Crippen LogP contribution is 2.21. The van der Waals surface area contributed by atoms with Gasteiger partial charge in [0.15, 0.2) is 23.2 Å². The molecule has 3 aromatic rings. The lowest BCUT2D eigenvalue weighted by Gasteiger charge is -2.32. The van der Waals surface area contributed by atoms with Crippen LogP contribution in [0.3, 0.4) is 0 Å². The Morgan fingerprint density at radius 3 is 2.72 bits per heavy atom. The van der Waals surface area contributed by atoms with Crippen molar-refractivity contribution in [2.24, 2.45) is 0 Å². The zero-order valence-electron chi connectivity index (χ0n) is 18.2. The van der Waals surface area contributed by atoms with Gasteiger partial charge in [-0.1, -0.05) is 36.4 Å². The van der Waals surface area contributed by atoms with Crippen LogP contribution in [0.4, 0.5) is 4.39 Å². The molecule has 1 fully saturated rings. The summed E-state index contributed by atoms with van der Waals surface area (Å²) in [5, 5.41) is 3.12. The number of rotatable bonds is 8. The second-order valence-electron chi connectivity index (χ2n) is 8.07. The van der Waals surface area contributed by atoms with Crippen LogP contribution in [0.25, 0.3) is 11.3 Å². The predicted octanol–water partition coefficient (Wildman–Crippen LogP) is 4.20. The molecule has 4 rings (SSSR count). The van der Waals surface area contributed by atoms with Gasteiger partial charge in [-0.2, -0.15) is 0 Å². The van der Waals surface area contributed by atoms with Crippen molar-refractivity contribution in [2.75, 3.05) is 20.2 Å². The minimum atomic E-state index is -0.339. The first-order valence-electron chi connectivity index (χ1n) is 10.9. The van der Waals surface area contributed by atoms with Gasteiger partial charge in [-0.15, -0.1) is 0 Å². The summed E-state index contributed by atoms with van der Waals surface area (Å²) in [7, 11) is 1.46. The lowest BCUT2D eigenvalue weighted by molar-refractivity contribution is -0.122. The van der Waals surface area contributed by atoms with Crippen LogP contribution in [0.2, 0.25) is 0 Å². The van der Waals surface area contributed by atoms with Crippen molar-refractivity contribution in [3.05, 3.63) is 72.0 Å². The molecule has 2 heterocycles. The molecule has 1 N–H and O–H groups in total. The largest absolute Gasteiger partial charge is 0.494 e. The van der Waals surface area contributed by atoms with Crippen LogP contribution in [0.1, 0.15) is 30.7 Å². The summed E-state index contributed by atoms with van der Waals surface area (Å²) in [6, 6.07) is 15.0. The third-order valence-corrected chi connectivity index (χ3v) is 5.75. The van der Waals surface area contributed by atoms with E-state index in [2.05, 4.69) is 15.2 Å². The van der Waals surface area contributed by atoms with Gasteiger partial charge < -0.3 is 14.5 Å². The zero-order chi connectivity index (χ0) is 22.3. The van der Waals surface area contributed by atoms with Gasteiger partial charge in [0, 0.05) is 44.1 Å². The van der Waals surface area contributed by atoms with Crippen molar-refractivity contribution in [3.8, 4) is 17.1 Å². The summed E-state index contributed by atoms with van der Waals surface area (Å²) in [5.41, 5.74) is 1.89. The molecule has 0 spiro atoms. The van der Waals surface area contributed by atoms with Crippen molar-refractivity contribution in [2.45, 2.75) is 38.3 Å². The van der Waals surface area contributed by atoms with E-state index in [9.17, 15) is 9.18 Å². The predicted molar refractivity (Wildman–Crippen MR) is 120 cm³/mol. The first-order chi connectivity index (χ1) is 15.6. The summed E-state index contributed by atoms with van der Waals surface area (Å²) >= 11 is 0. The van der Waals surface area contributed by atoms with E-state index in [0.717, 1.165) is 37.1 Å². The number of likely N-dealkylation sites (tertiary alicyclic amines) is 1. The molecule has 168 valence electrons. The van der Waals surface area contributed by atoms with Crippen molar-refractivity contribution in [1.29, 1.82) is 0 Å². The molecule has 0 saturated carbocycles. The lowest BCUT2D eigenvalue weighted by Crippen LogP contribution is -2.44. The van der Waals surface area contributed by atoms with Crippen LogP contribution in [-0.2, 0) is 17.8 Å². The number of nitrogens with zero attached hydrogens (tertiary/aromatic N) is 2. The molecule has 1 saturated heterocycles. The summed E-state index contributed by atoms with van der Waals surface area (Å²) in [6.45, 7) is 2.41. The number of benzene rings is 2. The first-order valence-corrected chi connectivity index (χ1v) is 10.9. The fourth-order valence-corrected chi connectivity index (χ4v) is 3.98. The second kappa shape index (κ2) is 10.4. The topological polar surface area (TPSA) is 67.6 Å². The third-order valence-electron chi connectivity index (χ3n) is 5.75. The van der Waals surface area contributed by atoms with Crippen molar-refractivity contribution in [3.63, 3.8) is 0 Å². The van der Waals surface area contributed by atoms with E-state index in [1.807, 2.05) is 36.4 Å². The molecule has 1 aromatic heterocycles. The molecular formula is C25H28FN3O3. The molecular weight excluding hydrogens is 409 g/mol. The zero-order valence-corrected chi connectivity index (χ0v) is 18.2. The van der Waals surface area contributed by atoms with Crippen LogP contribution in [0.5, 0.6) is 5.75 Å². The number of hydrogen-bond acceptors (Lipinski definition) is 5. The van der Waals surface area contributed by atoms with Gasteiger partial charge in [0.1, 0.15) is 0 Å². The van der Waals surface area contributed by atoms with Crippen LogP contribution < -0.4 is 10.1 Å². The summed E-state index contributed by atoms with van der Waals surface area (Å²) in [5.74, 6) is 1.22. The highest BCUT2D eigenvalue weighted by molar-refractivity contribution is 5.76. The minimum Gasteiger partial charge on any atom is -0.494 e. The Morgan fingerprint density at radius 2 is 2.00 bits per heavy atom. The number of hydrogen-bond donors (Lipinski definition) is 1. The van der Waals surface area contributed by atoms with Crippen LogP contribution >= 0.6 is 0 Å². The smallest absolute Gasteiger partial charge is 0.220 e. The minimum absolute atomic E-state index is 0.0140. The molecule has 0 aliphatic carbocycles. The number of carbonyl (C=O) groups excluding carboxylic acids is 1. The maximum absolute atomic E-state index is 13.9. The molecule has 2 aromatic carbocycles. The normalized spacial score (nSPS) is 14.9. The first kappa shape index (κ1) is 22.0. The highest BCUT2D eigenvalue weighted by atomic mass is 19.1. The molecule has 0 radical (unpaired) electrons. The number of amides is 1. The van der Waals surface area contributed by atoms with Gasteiger partial charge in [0.2, 0.25) is 5.91 Å². The number of carbonyl (C=O) groups is 1. The van der Waals surface area contributed by atoms with Crippen LogP contribution in [0.15, 0.2) is 59.1 Å². The molecule has 0 atom stereocenters. The van der Waals surface area contributed by atoms with E-state index in [1.54, 1.807) is 12.3 Å². The standard InChI is InChI=1S/C25H28FN3O3/c1-31-22-8-7-18(15-21(22)26)17-29-13-11-20(12-14-29)28-24(30)9-10-25-27-16-23(32-25)19-5-3-2-4-6-19/h2-8,15-16,20H,9-14,17H2,1H3,(H,28,30). The van der Waals surface area contributed by atoms with Crippen LogP contribution in [0, 0.1) is 5.82 Å². The molecule has 1 amide bonds. The Kier molecular flexibility index (Phi) is 7.17. The highest BCUT2D eigenvalue weighted by Gasteiger charge is 2.21. The van der Waals surface area contributed by atoms with Gasteiger partial charge in [-0.3, -0.25) is 9.69 Å². The van der Waals surface area contributed by atoms with Crippen molar-refractivity contribution < 1.29 is 18.3 Å². The maximum Gasteiger partial charge on any atom is 0.220 e. The van der Waals surface area contributed by atoms with Gasteiger partial charge in [-0.05, 0) is 30.5 Å². The number of methoxy groups -OCH3 is 1. The van der Waals surface area contributed by atoms with Gasteiger partial charge in [0.25, 0.3) is 0 Å². The summed E-state index contributed by atoms with van der Waals surface area (Å²) in [4.78, 5) is 19.0. The maximum atomic E-state index is 13.9. The summed E-state index contributed by atoms with van der Waals surface area (Å²) in [6.07, 6.45) is 4.27. The Hall–Kier alpha value is -3.19. The Labute approximate surface area is 187 Å². The van der Waals surface area contributed by atoms with E-state index in [0.29, 0.717) is 31.0 Å². The van der Waals surface area contributed by atoms with Crippen molar-refractivity contribution >= 4 is 5.91 Å². The van der Waals surface area contributed by atoms with Gasteiger partial charge >= 0.3 is 0 Å². The molecule has 1 aliphatic heterocycles.